The van der Waals surface area contributed by atoms with Crippen LogP contribution < -0.4 is 5.32 Å². The van der Waals surface area contributed by atoms with Gasteiger partial charge < -0.3 is 5.32 Å². The van der Waals surface area contributed by atoms with Crippen LogP contribution in [-0.4, -0.2) is 31.7 Å². The van der Waals surface area contributed by atoms with Crippen molar-refractivity contribution in [3.05, 3.63) is 58.1 Å². The standard InChI is InChI=1S/C21H25ClN2O3S/c1-14-11-15(2)20(16(3)12-14)28(26,27)24-9-7-17(8-10-24)21(25)23-19-6-4-5-18(22)13-19/h4-6,11-13,17H,7-10H2,1-3H3,(H,23,25). The molecule has 0 bridgehead atoms. The largest absolute Gasteiger partial charge is 0.326 e. The SMILES string of the molecule is Cc1cc(C)c(S(=O)(=O)N2CCC(C(=O)Nc3cccc(Cl)c3)CC2)c(C)c1. The third-order valence-corrected chi connectivity index (χ3v) is 7.56. The van der Waals surface area contributed by atoms with Gasteiger partial charge in [-0.3, -0.25) is 4.79 Å². The van der Waals surface area contributed by atoms with Crippen molar-refractivity contribution in [3.63, 3.8) is 0 Å². The number of amides is 1. The molecule has 28 heavy (non-hydrogen) atoms. The monoisotopic (exact) mass is 420 g/mol. The fraction of sp³-hybridized carbons (Fsp3) is 0.381. The van der Waals surface area contributed by atoms with Crippen molar-refractivity contribution in [2.45, 2.75) is 38.5 Å². The van der Waals surface area contributed by atoms with Gasteiger partial charge in [-0.2, -0.15) is 4.31 Å². The maximum absolute atomic E-state index is 13.2. The van der Waals surface area contributed by atoms with Crippen molar-refractivity contribution in [1.29, 1.82) is 0 Å². The van der Waals surface area contributed by atoms with E-state index in [4.69, 9.17) is 11.6 Å². The number of halogens is 1. The Balaban J connectivity index is 1.69. The molecule has 5 nitrogen and oxygen atoms in total. The molecule has 0 saturated carbocycles. The Morgan fingerprint density at radius 3 is 2.25 bits per heavy atom. The predicted octanol–water partition coefficient (Wildman–Crippen LogP) is 4.30. The van der Waals surface area contributed by atoms with E-state index in [1.54, 1.807) is 24.3 Å². The molecular weight excluding hydrogens is 396 g/mol. The summed E-state index contributed by atoms with van der Waals surface area (Å²) >= 11 is 5.95. The van der Waals surface area contributed by atoms with Gasteiger partial charge in [-0.05, 0) is 62.9 Å². The molecule has 3 rings (SSSR count). The van der Waals surface area contributed by atoms with Gasteiger partial charge in [0.25, 0.3) is 0 Å². The van der Waals surface area contributed by atoms with Crippen molar-refractivity contribution in [2.75, 3.05) is 18.4 Å². The zero-order chi connectivity index (χ0) is 20.5. The van der Waals surface area contributed by atoms with E-state index in [1.165, 1.54) is 4.31 Å². The van der Waals surface area contributed by atoms with Crippen molar-refractivity contribution < 1.29 is 13.2 Å². The van der Waals surface area contributed by atoms with E-state index < -0.39 is 10.0 Å². The van der Waals surface area contributed by atoms with E-state index in [2.05, 4.69) is 5.32 Å². The molecule has 1 N–H and O–H groups in total. The van der Waals surface area contributed by atoms with Crippen LogP contribution >= 0.6 is 11.6 Å². The molecule has 0 radical (unpaired) electrons. The number of nitrogens with one attached hydrogen (secondary N) is 1. The van der Waals surface area contributed by atoms with Crippen molar-refractivity contribution in [1.82, 2.24) is 4.31 Å². The molecule has 7 heteroatoms. The zero-order valence-electron chi connectivity index (χ0n) is 16.3. The van der Waals surface area contributed by atoms with Gasteiger partial charge in [0.1, 0.15) is 0 Å². The van der Waals surface area contributed by atoms with Crippen LogP contribution in [0.15, 0.2) is 41.3 Å². The Kier molecular flexibility index (Phi) is 6.12. The summed E-state index contributed by atoms with van der Waals surface area (Å²) in [6, 6.07) is 10.8. The predicted molar refractivity (Wildman–Crippen MR) is 112 cm³/mol. The van der Waals surface area contributed by atoms with E-state index >= 15 is 0 Å². The van der Waals surface area contributed by atoms with Crippen LogP contribution in [0.25, 0.3) is 0 Å². The van der Waals surface area contributed by atoms with Crippen LogP contribution in [0.3, 0.4) is 0 Å². The Hall–Kier alpha value is -1.89. The fourth-order valence-electron chi connectivity index (χ4n) is 3.87. The van der Waals surface area contributed by atoms with Crippen molar-refractivity contribution >= 4 is 33.2 Å². The quantitative estimate of drug-likeness (QED) is 0.801. The minimum Gasteiger partial charge on any atom is -0.326 e. The molecule has 1 amide bonds. The molecule has 0 unspecified atom stereocenters. The number of hydrogen-bond donors (Lipinski definition) is 1. The van der Waals surface area contributed by atoms with Crippen molar-refractivity contribution in [2.24, 2.45) is 5.92 Å². The molecule has 1 heterocycles. The van der Waals surface area contributed by atoms with Crippen LogP contribution in [0.5, 0.6) is 0 Å². The van der Waals surface area contributed by atoms with Gasteiger partial charge in [-0.15, -0.1) is 0 Å². The third-order valence-electron chi connectivity index (χ3n) is 5.12. The normalized spacial score (nSPS) is 16.1. The zero-order valence-corrected chi connectivity index (χ0v) is 17.9. The summed E-state index contributed by atoms with van der Waals surface area (Å²) in [5.41, 5.74) is 3.22. The minimum atomic E-state index is -3.57. The van der Waals surface area contributed by atoms with Gasteiger partial charge in [0.05, 0.1) is 4.90 Å². The molecule has 2 aromatic rings. The second-order valence-electron chi connectivity index (χ2n) is 7.41. The summed E-state index contributed by atoms with van der Waals surface area (Å²) in [5, 5.41) is 3.43. The maximum atomic E-state index is 13.2. The van der Waals surface area contributed by atoms with Gasteiger partial charge in [0.2, 0.25) is 15.9 Å². The lowest BCUT2D eigenvalue weighted by atomic mass is 9.97. The number of hydrogen-bond acceptors (Lipinski definition) is 3. The molecule has 1 aliphatic rings. The third kappa shape index (κ3) is 4.40. The summed E-state index contributed by atoms with van der Waals surface area (Å²) in [6.07, 6.45) is 0.991. The first-order valence-corrected chi connectivity index (χ1v) is 11.1. The first-order valence-electron chi connectivity index (χ1n) is 9.33. The minimum absolute atomic E-state index is 0.0954. The lowest BCUT2D eigenvalue weighted by Crippen LogP contribution is -2.41. The van der Waals surface area contributed by atoms with Gasteiger partial charge in [0.15, 0.2) is 0 Å². The second kappa shape index (κ2) is 8.23. The lowest BCUT2D eigenvalue weighted by molar-refractivity contribution is -0.120. The average molecular weight is 421 g/mol. The average Bonchev–Trinajstić information content (AvgIpc) is 2.60. The van der Waals surface area contributed by atoms with Crippen LogP contribution in [0.1, 0.15) is 29.5 Å². The van der Waals surface area contributed by atoms with Crippen molar-refractivity contribution in [3.8, 4) is 0 Å². The highest BCUT2D eigenvalue weighted by atomic mass is 35.5. The Labute approximate surface area is 171 Å². The molecule has 0 spiro atoms. The van der Waals surface area contributed by atoms with E-state index in [9.17, 15) is 13.2 Å². The number of carbonyl (C=O) groups excluding carboxylic acids is 1. The first-order chi connectivity index (χ1) is 13.2. The van der Waals surface area contributed by atoms with Crippen LogP contribution in [0.4, 0.5) is 5.69 Å². The van der Waals surface area contributed by atoms with E-state index in [0.29, 0.717) is 41.5 Å². The number of rotatable bonds is 4. The van der Waals surface area contributed by atoms with Crippen LogP contribution in [0, 0.1) is 26.7 Å². The summed E-state index contributed by atoms with van der Waals surface area (Å²) in [6.45, 7) is 6.29. The van der Waals surface area contributed by atoms with E-state index in [-0.39, 0.29) is 11.8 Å². The van der Waals surface area contributed by atoms with E-state index in [1.807, 2.05) is 32.9 Å². The molecule has 0 atom stereocenters. The number of benzene rings is 2. The highest BCUT2D eigenvalue weighted by Gasteiger charge is 2.33. The number of piperidine rings is 1. The molecule has 1 fully saturated rings. The number of sulfonamides is 1. The number of anilines is 1. The number of aryl methyl sites for hydroxylation is 3. The van der Waals surface area contributed by atoms with Gasteiger partial charge in [-0.1, -0.05) is 35.4 Å². The summed E-state index contributed by atoms with van der Waals surface area (Å²) in [4.78, 5) is 12.9. The molecule has 150 valence electrons. The van der Waals surface area contributed by atoms with Crippen LogP contribution in [-0.2, 0) is 14.8 Å². The highest BCUT2D eigenvalue weighted by Crippen LogP contribution is 2.29. The topological polar surface area (TPSA) is 66.5 Å². The molecular formula is C21H25ClN2O3S. The Bertz CT molecular complexity index is 973. The first kappa shape index (κ1) is 20.8. The lowest BCUT2D eigenvalue weighted by Gasteiger charge is -2.31. The fourth-order valence-corrected chi connectivity index (χ4v) is 5.94. The summed E-state index contributed by atoms with van der Waals surface area (Å²) < 4.78 is 27.8. The molecule has 1 aliphatic heterocycles. The smallest absolute Gasteiger partial charge is 0.243 e. The second-order valence-corrected chi connectivity index (χ2v) is 9.72. The van der Waals surface area contributed by atoms with Gasteiger partial charge >= 0.3 is 0 Å². The number of carbonyl (C=O) groups is 1. The van der Waals surface area contributed by atoms with Crippen LogP contribution in [0.2, 0.25) is 5.02 Å². The Morgan fingerprint density at radius 2 is 1.68 bits per heavy atom. The molecule has 0 aliphatic carbocycles. The number of nitrogens with zero attached hydrogens (tertiary/aromatic N) is 1. The molecule has 2 aromatic carbocycles. The highest BCUT2D eigenvalue weighted by molar-refractivity contribution is 7.89. The van der Waals surface area contributed by atoms with Gasteiger partial charge in [-0.25, -0.2) is 8.42 Å². The summed E-state index contributed by atoms with van der Waals surface area (Å²) in [7, 11) is -3.57. The Morgan fingerprint density at radius 1 is 1.07 bits per heavy atom. The molecule has 0 aromatic heterocycles. The van der Waals surface area contributed by atoms with E-state index in [0.717, 1.165) is 16.7 Å². The van der Waals surface area contributed by atoms with Gasteiger partial charge in [0, 0.05) is 29.7 Å². The molecule has 1 saturated heterocycles. The maximum Gasteiger partial charge on any atom is 0.243 e. The summed E-state index contributed by atoms with van der Waals surface area (Å²) in [5.74, 6) is -0.312.